The SMILES string of the molecule is Cc1nc(C)c(-c2nc(C3(N)CCC3)no2)s1. The second-order valence-corrected chi connectivity index (χ2v) is 5.78. The average Bonchev–Trinajstić information content (AvgIpc) is 2.81. The Morgan fingerprint density at radius 1 is 1.29 bits per heavy atom. The zero-order valence-corrected chi connectivity index (χ0v) is 10.7. The van der Waals surface area contributed by atoms with E-state index >= 15 is 0 Å². The first-order chi connectivity index (χ1) is 8.08. The molecule has 1 aliphatic carbocycles. The molecule has 5 nitrogen and oxygen atoms in total. The summed E-state index contributed by atoms with van der Waals surface area (Å²) in [7, 11) is 0. The molecule has 0 aromatic carbocycles. The predicted molar refractivity (Wildman–Crippen MR) is 64.6 cm³/mol. The standard InChI is InChI=1S/C11H14N4OS/c1-6-8(17-7(2)13-6)9-14-10(15-16-9)11(12)4-3-5-11/h3-5,12H2,1-2H3. The van der Waals surface area contributed by atoms with Gasteiger partial charge in [-0.15, -0.1) is 11.3 Å². The van der Waals surface area contributed by atoms with Gasteiger partial charge in [0.2, 0.25) is 0 Å². The van der Waals surface area contributed by atoms with E-state index in [2.05, 4.69) is 15.1 Å². The zero-order valence-electron chi connectivity index (χ0n) is 9.86. The number of thiazole rings is 1. The number of hydrogen-bond acceptors (Lipinski definition) is 6. The molecule has 0 bridgehead atoms. The lowest BCUT2D eigenvalue weighted by atomic mass is 9.77. The molecule has 2 N–H and O–H groups in total. The second kappa shape index (κ2) is 3.61. The quantitative estimate of drug-likeness (QED) is 0.883. The van der Waals surface area contributed by atoms with E-state index in [1.165, 1.54) is 0 Å². The summed E-state index contributed by atoms with van der Waals surface area (Å²) >= 11 is 1.57. The predicted octanol–water partition coefficient (Wildman–Crippen LogP) is 2.15. The summed E-state index contributed by atoms with van der Waals surface area (Å²) in [5.74, 6) is 1.17. The van der Waals surface area contributed by atoms with Crippen LogP contribution in [0.15, 0.2) is 4.52 Å². The van der Waals surface area contributed by atoms with Crippen molar-refractivity contribution in [2.45, 2.75) is 38.6 Å². The molecule has 1 fully saturated rings. The second-order valence-electron chi connectivity index (χ2n) is 4.58. The highest BCUT2D eigenvalue weighted by Crippen LogP contribution is 2.38. The number of nitrogens with zero attached hydrogens (tertiary/aromatic N) is 3. The third-order valence-corrected chi connectivity index (χ3v) is 4.28. The van der Waals surface area contributed by atoms with Crippen LogP contribution in [0.4, 0.5) is 0 Å². The van der Waals surface area contributed by atoms with Crippen molar-refractivity contribution in [3.8, 4) is 10.8 Å². The van der Waals surface area contributed by atoms with Gasteiger partial charge < -0.3 is 10.3 Å². The first-order valence-corrected chi connectivity index (χ1v) is 6.48. The van der Waals surface area contributed by atoms with Crippen LogP contribution in [0.3, 0.4) is 0 Å². The van der Waals surface area contributed by atoms with Crippen molar-refractivity contribution in [1.29, 1.82) is 0 Å². The molecule has 6 heteroatoms. The fourth-order valence-electron chi connectivity index (χ4n) is 2.03. The zero-order chi connectivity index (χ0) is 12.0. The lowest BCUT2D eigenvalue weighted by Crippen LogP contribution is -2.44. The van der Waals surface area contributed by atoms with E-state index in [1.807, 2.05) is 13.8 Å². The van der Waals surface area contributed by atoms with E-state index in [1.54, 1.807) is 11.3 Å². The Morgan fingerprint density at radius 3 is 2.59 bits per heavy atom. The van der Waals surface area contributed by atoms with Crippen LogP contribution in [-0.4, -0.2) is 15.1 Å². The Bertz CT molecular complexity index is 556. The fraction of sp³-hybridized carbons (Fsp3) is 0.545. The lowest BCUT2D eigenvalue weighted by Gasteiger charge is -2.34. The molecule has 0 unspecified atom stereocenters. The van der Waals surface area contributed by atoms with Gasteiger partial charge in [0.15, 0.2) is 5.82 Å². The van der Waals surface area contributed by atoms with Crippen LogP contribution in [0.2, 0.25) is 0 Å². The summed E-state index contributed by atoms with van der Waals surface area (Å²) in [6, 6.07) is 0. The molecule has 17 heavy (non-hydrogen) atoms. The van der Waals surface area contributed by atoms with E-state index < -0.39 is 0 Å². The number of hydrogen-bond donors (Lipinski definition) is 1. The van der Waals surface area contributed by atoms with E-state index in [0.29, 0.717) is 11.7 Å². The topological polar surface area (TPSA) is 77.8 Å². The highest BCUT2D eigenvalue weighted by molar-refractivity contribution is 7.15. The molecule has 1 aliphatic rings. The van der Waals surface area contributed by atoms with Gasteiger partial charge in [0.05, 0.1) is 16.2 Å². The first kappa shape index (κ1) is 10.9. The van der Waals surface area contributed by atoms with Gasteiger partial charge in [-0.1, -0.05) is 5.16 Å². The van der Waals surface area contributed by atoms with Crippen molar-refractivity contribution < 1.29 is 4.52 Å². The molecular formula is C11H14N4OS. The maximum atomic E-state index is 6.16. The molecule has 0 amide bonds. The molecule has 90 valence electrons. The van der Waals surface area contributed by atoms with E-state index in [4.69, 9.17) is 10.3 Å². The third-order valence-electron chi connectivity index (χ3n) is 3.21. The van der Waals surface area contributed by atoms with Crippen molar-refractivity contribution >= 4 is 11.3 Å². The van der Waals surface area contributed by atoms with Gasteiger partial charge in [0, 0.05) is 0 Å². The third kappa shape index (κ3) is 1.68. The Balaban J connectivity index is 1.97. The van der Waals surface area contributed by atoms with Crippen molar-refractivity contribution in [3.05, 3.63) is 16.5 Å². The molecule has 0 aliphatic heterocycles. The normalized spacial score (nSPS) is 18.1. The van der Waals surface area contributed by atoms with Gasteiger partial charge in [-0.25, -0.2) is 4.98 Å². The molecular weight excluding hydrogens is 236 g/mol. The molecule has 0 radical (unpaired) electrons. The van der Waals surface area contributed by atoms with Crippen LogP contribution in [0, 0.1) is 13.8 Å². The Hall–Kier alpha value is -1.27. The summed E-state index contributed by atoms with van der Waals surface area (Å²) in [6.45, 7) is 3.92. The minimum absolute atomic E-state index is 0.366. The summed E-state index contributed by atoms with van der Waals surface area (Å²) in [6.07, 6.45) is 3.01. The number of rotatable bonds is 2. The Kier molecular flexibility index (Phi) is 2.31. The van der Waals surface area contributed by atoms with Crippen molar-refractivity contribution in [2.75, 3.05) is 0 Å². The van der Waals surface area contributed by atoms with Crippen LogP contribution < -0.4 is 5.73 Å². The summed E-state index contributed by atoms with van der Waals surface area (Å²) in [5.41, 5.74) is 6.73. The molecule has 0 spiro atoms. The minimum Gasteiger partial charge on any atom is -0.333 e. The Morgan fingerprint density at radius 2 is 2.06 bits per heavy atom. The van der Waals surface area contributed by atoms with Crippen LogP contribution in [-0.2, 0) is 5.54 Å². The monoisotopic (exact) mass is 250 g/mol. The summed E-state index contributed by atoms with van der Waals surface area (Å²) < 4.78 is 5.30. The Labute approximate surface area is 103 Å². The van der Waals surface area contributed by atoms with Crippen molar-refractivity contribution in [1.82, 2.24) is 15.1 Å². The maximum absolute atomic E-state index is 6.16. The maximum Gasteiger partial charge on any atom is 0.269 e. The van der Waals surface area contributed by atoms with Gasteiger partial charge in [-0.3, -0.25) is 0 Å². The van der Waals surface area contributed by atoms with Gasteiger partial charge in [0.25, 0.3) is 5.89 Å². The number of nitrogens with two attached hydrogens (primary N) is 1. The minimum atomic E-state index is -0.366. The molecule has 2 heterocycles. The largest absolute Gasteiger partial charge is 0.333 e. The van der Waals surface area contributed by atoms with Crippen LogP contribution >= 0.6 is 11.3 Å². The molecule has 3 rings (SSSR count). The summed E-state index contributed by atoms with van der Waals surface area (Å²) in [4.78, 5) is 9.72. The van der Waals surface area contributed by atoms with Gasteiger partial charge in [-0.05, 0) is 33.1 Å². The number of aromatic nitrogens is 3. The molecule has 1 saturated carbocycles. The summed E-state index contributed by atoms with van der Waals surface area (Å²) in [5, 5.41) is 5.01. The molecule has 2 aromatic rings. The van der Waals surface area contributed by atoms with E-state index in [0.717, 1.165) is 34.8 Å². The molecule has 0 atom stereocenters. The smallest absolute Gasteiger partial charge is 0.269 e. The van der Waals surface area contributed by atoms with Crippen molar-refractivity contribution in [3.63, 3.8) is 0 Å². The molecule has 0 saturated heterocycles. The number of aryl methyl sites for hydroxylation is 2. The highest BCUT2D eigenvalue weighted by atomic mass is 32.1. The molecule has 2 aromatic heterocycles. The van der Waals surface area contributed by atoms with Gasteiger partial charge in [-0.2, -0.15) is 4.98 Å². The van der Waals surface area contributed by atoms with Crippen LogP contribution in [0.1, 0.15) is 35.8 Å². The van der Waals surface area contributed by atoms with Gasteiger partial charge >= 0.3 is 0 Å². The van der Waals surface area contributed by atoms with Crippen LogP contribution in [0.25, 0.3) is 10.8 Å². The van der Waals surface area contributed by atoms with Crippen LogP contribution in [0.5, 0.6) is 0 Å². The lowest BCUT2D eigenvalue weighted by molar-refractivity contribution is 0.229. The highest BCUT2D eigenvalue weighted by Gasteiger charge is 2.39. The van der Waals surface area contributed by atoms with Gasteiger partial charge in [0.1, 0.15) is 4.88 Å². The van der Waals surface area contributed by atoms with E-state index in [-0.39, 0.29) is 5.54 Å². The van der Waals surface area contributed by atoms with E-state index in [9.17, 15) is 0 Å². The first-order valence-electron chi connectivity index (χ1n) is 5.66. The fourth-order valence-corrected chi connectivity index (χ4v) is 2.87. The average molecular weight is 250 g/mol. The van der Waals surface area contributed by atoms with Crippen molar-refractivity contribution in [2.24, 2.45) is 5.73 Å².